The lowest BCUT2D eigenvalue weighted by molar-refractivity contribution is -0.153. The van der Waals surface area contributed by atoms with Crippen LogP contribution in [-0.4, -0.2) is 31.8 Å². The molecule has 0 unspecified atom stereocenters. The van der Waals surface area contributed by atoms with E-state index in [1.165, 1.54) is 25.3 Å². The molecule has 0 aliphatic heterocycles. The fraction of sp³-hybridized carbons (Fsp3) is 0.462. The molecule has 126 valence electrons. The Balaban J connectivity index is 0.00000441. The monoisotopic (exact) mass is 342 g/mol. The zero-order chi connectivity index (χ0) is 16.0. The fourth-order valence-corrected chi connectivity index (χ4v) is 1.45. The molecule has 0 bridgehead atoms. The molecule has 1 amide bonds. The molecule has 0 saturated heterocycles. The first kappa shape index (κ1) is 20.3. The van der Waals surface area contributed by atoms with E-state index in [4.69, 9.17) is 10.5 Å². The van der Waals surface area contributed by atoms with E-state index in [-0.39, 0.29) is 36.4 Å². The van der Waals surface area contributed by atoms with Crippen molar-refractivity contribution in [3.8, 4) is 11.5 Å². The van der Waals surface area contributed by atoms with E-state index in [1.54, 1.807) is 6.92 Å². The summed E-state index contributed by atoms with van der Waals surface area (Å²) in [5, 5.41) is 2.59. The maximum Gasteiger partial charge on any atom is 0.422 e. The summed E-state index contributed by atoms with van der Waals surface area (Å²) in [6, 6.07) is 3.75. The molecule has 0 aliphatic carbocycles. The molecule has 1 rings (SSSR count). The highest BCUT2D eigenvalue weighted by atomic mass is 35.5. The van der Waals surface area contributed by atoms with Gasteiger partial charge in [-0.3, -0.25) is 4.79 Å². The summed E-state index contributed by atoms with van der Waals surface area (Å²) in [7, 11) is 1.32. The highest BCUT2D eigenvalue weighted by molar-refractivity contribution is 5.85. The Hall–Kier alpha value is -1.67. The second-order valence-corrected chi connectivity index (χ2v) is 4.40. The molecule has 0 aromatic heterocycles. The van der Waals surface area contributed by atoms with Crippen LogP contribution in [0.4, 0.5) is 13.2 Å². The van der Waals surface area contributed by atoms with E-state index < -0.39 is 18.8 Å². The van der Waals surface area contributed by atoms with Crippen LogP contribution in [0.3, 0.4) is 0 Å². The SMILES string of the molecule is COc1cc(CNC(=O)[C@H](C)N)ccc1OCC(F)(F)F.Cl. The van der Waals surface area contributed by atoms with E-state index in [2.05, 4.69) is 10.1 Å². The average Bonchev–Trinajstić information content (AvgIpc) is 2.41. The first-order valence-corrected chi connectivity index (χ1v) is 6.12. The van der Waals surface area contributed by atoms with Crippen LogP contribution in [0.15, 0.2) is 18.2 Å². The van der Waals surface area contributed by atoms with Gasteiger partial charge in [-0.25, -0.2) is 0 Å². The van der Waals surface area contributed by atoms with E-state index >= 15 is 0 Å². The minimum absolute atomic E-state index is 0. The quantitative estimate of drug-likeness (QED) is 0.829. The summed E-state index contributed by atoms with van der Waals surface area (Å²) in [6.45, 7) is 0.338. The van der Waals surface area contributed by atoms with Crippen LogP contribution in [0.1, 0.15) is 12.5 Å². The maximum absolute atomic E-state index is 12.1. The van der Waals surface area contributed by atoms with Crippen LogP contribution < -0.4 is 20.5 Å². The van der Waals surface area contributed by atoms with Crippen molar-refractivity contribution in [2.75, 3.05) is 13.7 Å². The smallest absolute Gasteiger partial charge is 0.422 e. The molecule has 1 aromatic carbocycles. The summed E-state index contributed by atoms with van der Waals surface area (Å²) < 4.78 is 46.0. The normalized spacial score (nSPS) is 12.1. The van der Waals surface area contributed by atoms with Gasteiger partial charge in [0.05, 0.1) is 13.2 Å². The average molecular weight is 343 g/mol. The molecule has 0 saturated carbocycles. The number of ether oxygens (including phenoxy) is 2. The van der Waals surface area contributed by atoms with Crippen molar-refractivity contribution in [3.05, 3.63) is 23.8 Å². The third-order valence-electron chi connectivity index (χ3n) is 2.50. The van der Waals surface area contributed by atoms with Crippen LogP contribution in [0.25, 0.3) is 0 Å². The summed E-state index contributed by atoms with van der Waals surface area (Å²) in [5.41, 5.74) is 6.05. The summed E-state index contributed by atoms with van der Waals surface area (Å²) >= 11 is 0. The second-order valence-electron chi connectivity index (χ2n) is 4.40. The molecule has 1 atom stereocenters. The predicted octanol–water partition coefficient (Wildman–Crippen LogP) is 2.02. The molecule has 9 heteroatoms. The van der Waals surface area contributed by atoms with Crippen molar-refractivity contribution in [1.29, 1.82) is 0 Å². The van der Waals surface area contributed by atoms with E-state index in [9.17, 15) is 18.0 Å². The van der Waals surface area contributed by atoms with Crippen molar-refractivity contribution in [1.82, 2.24) is 5.32 Å². The van der Waals surface area contributed by atoms with Gasteiger partial charge in [0.2, 0.25) is 5.91 Å². The number of carbonyl (C=O) groups excluding carboxylic acids is 1. The van der Waals surface area contributed by atoms with Gasteiger partial charge in [-0.2, -0.15) is 13.2 Å². The molecule has 0 heterocycles. The van der Waals surface area contributed by atoms with Crippen LogP contribution in [-0.2, 0) is 11.3 Å². The summed E-state index contributed by atoms with van der Waals surface area (Å²) in [4.78, 5) is 11.3. The third-order valence-corrected chi connectivity index (χ3v) is 2.50. The Labute approximate surface area is 132 Å². The van der Waals surface area contributed by atoms with E-state index in [1.807, 2.05) is 0 Å². The molecule has 0 aliphatic rings. The molecule has 1 aromatic rings. The van der Waals surface area contributed by atoms with E-state index in [0.29, 0.717) is 5.56 Å². The number of nitrogens with two attached hydrogens (primary N) is 1. The highest BCUT2D eigenvalue weighted by Crippen LogP contribution is 2.29. The van der Waals surface area contributed by atoms with Crippen molar-refractivity contribution in [2.24, 2.45) is 5.73 Å². The Morgan fingerprint density at radius 2 is 2.00 bits per heavy atom. The standard InChI is InChI=1S/C13H17F3N2O3.ClH/c1-8(17)12(19)18-6-9-3-4-10(11(5-9)20-2)21-7-13(14,15)16;/h3-5,8H,6-7,17H2,1-2H3,(H,18,19);1H/t8-;/m0./s1. The van der Waals surface area contributed by atoms with Crippen molar-refractivity contribution in [2.45, 2.75) is 25.7 Å². The Bertz CT molecular complexity index is 496. The van der Waals surface area contributed by atoms with Crippen LogP contribution in [0.5, 0.6) is 11.5 Å². The molecule has 22 heavy (non-hydrogen) atoms. The van der Waals surface area contributed by atoms with Crippen molar-refractivity contribution < 1.29 is 27.4 Å². The van der Waals surface area contributed by atoms with Gasteiger partial charge in [0.15, 0.2) is 18.1 Å². The Morgan fingerprint density at radius 1 is 1.36 bits per heavy atom. The lowest BCUT2D eigenvalue weighted by Crippen LogP contribution is -2.37. The van der Waals surface area contributed by atoms with Crippen LogP contribution in [0.2, 0.25) is 0 Å². The topological polar surface area (TPSA) is 73.6 Å². The minimum atomic E-state index is -4.42. The number of nitrogens with one attached hydrogen (secondary N) is 1. The lowest BCUT2D eigenvalue weighted by atomic mass is 10.2. The molecule has 0 spiro atoms. The van der Waals surface area contributed by atoms with Crippen LogP contribution in [0, 0.1) is 0 Å². The van der Waals surface area contributed by atoms with Gasteiger partial charge in [0.1, 0.15) is 0 Å². The molecule has 0 radical (unpaired) electrons. The number of methoxy groups -OCH3 is 1. The number of rotatable bonds is 6. The van der Waals surface area contributed by atoms with Crippen molar-refractivity contribution in [3.63, 3.8) is 0 Å². The zero-order valence-electron chi connectivity index (χ0n) is 12.1. The van der Waals surface area contributed by atoms with Gasteiger partial charge in [-0.1, -0.05) is 6.07 Å². The van der Waals surface area contributed by atoms with Crippen LogP contribution >= 0.6 is 12.4 Å². The van der Waals surface area contributed by atoms with Crippen molar-refractivity contribution >= 4 is 18.3 Å². The van der Waals surface area contributed by atoms with Gasteiger partial charge in [-0.05, 0) is 24.6 Å². The number of hydrogen-bond donors (Lipinski definition) is 2. The first-order chi connectivity index (χ1) is 9.73. The molecule has 0 fully saturated rings. The number of benzene rings is 1. The summed E-state index contributed by atoms with van der Waals surface area (Å²) in [6.07, 6.45) is -4.42. The molecular weight excluding hydrogens is 325 g/mol. The van der Waals surface area contributed by atoms with E-state index in [0.717, 1.165) is 0 Å². The fourth-order valence-electron chi connectivity index (χ4n) is 1.45. The predicted molar refractivity (Wildman–Crippen MR) is 77.3 cm³/mol. The third kappa shape index (κ3) is 6.86. The summed E-state index contributed by atoms with van der Waals surface area (Å²) in [5.74, 6) is -0.185. The van der Waals surface area contributed by atoms with Gasteiger partial charge in [-0.15, -0.1) is 12.4 Å². The molecule has 5 nitrogen and oxygen atoms in total. The molecule has 3 N–H and O–H groups in total. The van der Waals surface area contributed by atoms with Gasteiger partial charge < -0.3 is 20.5 Å². The number of amides is 1. The van der Waals surface area contributed by atoms with Gasteiger partial charge in [0, 0.05) is 6.54 Å². The first-order valence-electron chi connectivity index (χ1n) is 6.12. The highest BCUT2D eigenvalue weighted by Gasteiger charge is 2.29. The van der Waals surface area contributed by atoms with Gasteiger partial charge in [0.25, 0.3) is 0 Å². The number of carbonyl (C=O) groups is 1. The number of halogens is 4. The zero-order valence-corrected chi connectivity index (χ0v) is 12.9. The molecular formula is C13H18ClF3N2O3. The lowest BCUT2D eigenvalue weighted by Gasteiger charge is -2.14. The minimum Gasteiger partial charge on any atom is -0.493 e. The Kier molecular flexibility index (Phi) is 8.04. The second kappa shape index (κ2) is 8.70. The largest absolute Gasteiger partial charge is 0.493 e. The van der Waals surface area contributed by atoms with Gasteiger partial charge >= 0.3 is 6.18 Å². The maximum atomic E-state index is 12.1. The Morgan fingerprint density at radius 3 is 2.50 bits per heavy atom. The number of hydrogen-bond acceptors (Lipinski definition) is 4. The number of alkyl halides is 3.